The first kappa shape index (κ1) is 19.5. The van der Waals surface area contributed by atoms with Gasteiger partial charge in [0.1, 0.15) is 0 Å². The summed E-state index contributed by atoms with van der Waals surface area (Å²) >= 11 is 5.31. The number of pyridine rings is 2. The van der Waals surface area contributed by atoms with Crippen molar-refractivity contribution in [3.8, 4) is 0 Å². The van der Waals surface area contributed by atoms with Crippen molar-refractivity contribution in [1.29, 1.82) is 0 Å². The third-order valence-electron chi connectivity index (χ3n) is 4.77. The molecule has 2 heterocycles. The van der Waals surface area contributed by atoms with Crippen LogP contribution in [0.1, 0.15) is 0 Å². The van der Waals surface area contributed by atoms with Crippen LogP contribution in [0.25, 0.3) is 21.8 Å². The number of thioether (sulfide) groups is 1. The van der Waals surface area contributed by atoms with Crippen LogP contribution in [0.2, 0.25) is 0 Å². The normalized spacial score (nSPS) is 11.2. The van der Waals surface area contributed by atoms with Gasteiger partial charge in [-0.25, -0.2) is 0 Å². The molecule has 0 atom stereocenters. The number of aromatic nitrogens is 2. The van der Waals surface area contributed by atoms with E-state index in [-0.39, 0.29) is 0 Å². The highest BCUT2D eigenvalue weighted by Gasteiger charge is 2.15. The Bertz CT molecular complexity index is 1340. The van der Waals surface area contributed by atoms with Gasteiger partial charge >= 0.3 is 0 Å². The van der Waals surface area contributed by atoms with Gasteiger partial charge in [0, 0.05) is 47.6 Å². The zero-order valence-electron chi connectivity index (χ0n) is 16.3. The Hall–Kier alpha value is -2.47. The van der Waals surface area contributed by atoms with E-state index in [2.05, 4.69) is 73.0 Å². The molecule has 0 radical (unpaired) electrons. The van der Waals surface area contributed by atoms with E-state index < -0.39 is 0 Å². The van der Waals surface area contributed by atoms with E-state index in [1.54, 1.807) is 35.3 Å². The molecule has 0 unspecified atom stereocenters. The van der Waals surface area contributed by atoms with Gasteiger partial charge in [-0.15, -0.1) is 11.8 Å². The van der Waals surface area contributed by atoms with Crippen molar-refractivity contribution in [1.82, 2.24) is 9.97 Å². The Labute approximate surface area is 188 Å². The minimum absolute atomic E-state index is 1.02. The van der Waals surface area contributed by atoms with Gasteiger partial charge in [0.25, 0.3) is 0 Å². The molecule has 0 amide bonds. The number of benzene rings is 3. The van der Waals surface area contributed by atoms with Crippen LogP contribution in [0.15, 0.2) is 116 Å². The summed E-state index contributed by atoms with van der Waals surface area (Å²) < 4.78 is 0. The molecule has 0 aliphatic heterocycles. The predicted octanol–water partition coefficient (Wildman–Crippen LogP) is 7.81. The molecular weight excluding hydrogens is 424 g/mol. The van der Waals surface area contributed by atoms with Crippen LogP contribution in [0.4, 0.5) is 0 Å². The summed E-state index contributed by atoms with van der Waals surface area (Å²) in [7, 11) is 0. The molecule has 0 fully saturated rings. The highest BCUT2D eigenvalue weighted by atomic mass is 32.2. The Morgan fingerprint density at radius 2 is 1.10 bits per heavy atom. The fraction of sp³-hybridized carbons (Fsp3) is 0.0400. The van der Waals surface area contributed by atoms with E-state index in [9.17, 15) is 0 Å². The highest BCUT2D eigenvalue weighted by Crippen LogP contribution is 2.45. The van der Waals surface area contributed by atoms with Gasteiger partial charge < -0.3 is 0 Å². The largest absolute Gasteiger partial charge is 0.255 e. The first-order valence-corrected chi connectivity index (χ1v) is 12.4. The molecule has 2 aromatic heterocycles. The molecule has 30 heavy (non-hydrogen) atoms. The summed E-state index contributed by atoms with van der Waals surface area (Å²) in [5.74, 6) is 0. The predicted molar refractivity (Wildman–Crippen MR) is 130 cm³/mol. The van der Waals surface area contributed by atoms with Crippen molar-refractivity contribution in [2.75, 3.05) is 6.26 Å². The van der Waals surface area contributed by atoms with Gasteiger partial charge in [-0.05, 0) is 30.5 Å². The summed E-state index contributed by atoms with van der Waals surface area (Å²) in [6.07, 6.45) is 6.12. The number of fused-ring (bicyclic) bond motifs is 2. The van der Waals surface area contributed by atoms with Crippen LogP contribution in [-0.2, 0) is 0 Å². The second kappa shape index (κ2) is 8.72. The molecule has 0 saturated carbocycles. The van der Waals surface area contributed by atoms with E-state index in [1.165, 1.54) is 25.5 Å². The Balaban J connectivity index is 1.64. The third kappa shape index (κ3) is 3.81. The average Bonchev–Trinajstić information content (AvgIpc) is 2.81. The summed E-state index contributed by atoms with van der Waals surface area (Å²) in [6.45, 7) is 0. The Morgan fingerprint density at radius 3 is 1.73 bits per heavy atom. The second-order valence-corrected chi connectivity index (χ2v) is 9.64. The van der Waals surface area contributed by atoms with Crippen molar-refractivity contribution in [2.45, 2.75) is 24.5 Å². The summed E-state index contributed by atoms with van der Waals surface area (Å²) in [4.78, 5) is 15.5. The maximum Gasteiger partial charge on any atom is 0.0714 e. The van der Waals surface area contributed by atoms with Crippen molar-refractivity contribution in [3.63, 3.8) is 0 Å². The molecule has 5 heteroatoms. The molecule has 0 saturated heterocycles. The molecule has 0 bridgehead atoms. The minimum Gasteiger partial charge on any atom is -0.255 e. The quantitative estimate of drug-likeness (QED) is 0.259. The Morgan fingerprint density at radius 1 is 0.567 bits per heavy atom. The van der Waals surface area contributed by atoms with Crippen molar-refractivity contribution < 1.29 is 0 Å². The van der Waals surface area contributed by atoms with Gasteiger partial charge in [0.15, 0.2) is 0 Å². The molecule has 146 valence electrons. The van der Waals surface area contributed by atoms with Gasteiger partial charge in [-0.3, -0.25) is 9.97 Å². The van der Waals surface area contributed by atoms with Gasteiger partial charge in [-0.2, -0.15) is 0 Å². The number of nitrogens with zero attached hydrogens (tertiary/aromatic N) is 2. The number of hydrogen-bond donors (Lipinski definition) is 0. The van der Waals surface area contributed by atoms with Gasteiger partial charge in [0.2, 0.25) is 0 Å². The Kier molecular flexibility index (Phi) is 5.67. The fourth-order valence-electron chi connectivity index (χ4n) is 3.38. The summed E-state index contributed by atoms with van der Waals surface area (Å²) in [5.41, 5.74) is 2.05. The van der Waals surface area contributed by atoms with E-state index in [0.29, 0.717) is 0 Å². The molecule has 0 aliphatic rings. The zero-order chi connectivity index (χ0) is 20.3. The topological polar surface area (TPSA) is 25.8 Å². The molecule has 3 aromatic carbocycles. The summed E-state index contributed by atoms with van der Waals surface area (Å²) in [5, 5.41) is 2.37. The zero-order valence-corrected chi connectivity index (χ0v) is 18.7. The molecule has 2 nitrogen and oxygen atoms in total. The first-order valence-electron chi connectivity index (χ1n) is 9.54. The molecule has 0 spiro atoms. The number of para-hydroxylation sites is 2. The van der Waals surface area contributed by atoms with Crippen LogP contribution in [-0.4, -0.2) is 16.2 Å². The van der Waals surface area contributed by atoms with E-state index in [1.807, 2.05) is 24.5 Å². The average molecular weight is 443 g/mol. The van der Waals surface area contributed by atoms with Crippen LogP contribution in [0, 0.1) is 0 Å². The van der Waals surface area contributed by atoms with E-state index >= 15 is 0 Å². The van der Waals surface area contributed by atoms with Gasteiger partial charge in [-0.1, -0.05) is 78.1 Å². The SMILES string of the molecule is CSc1c(Sc2cnc3ccccc3c2Sc2ccccc2)cnc2ccccc12. The molecule has 0 N–H and O–H groups in total. The first-order chi connectivity index (χ1) is 14.8. The monoisotopic (exact) mass is 442 g/mol. The van der Waals surface area contributed by atoms with Gasteiger partial charge in [0.05, 0.1) is 11.0 Å². The molecular formula is C25H18N2S3. The molecule has 5 rings (SSSR count). The van der Waals surface area contributed by atoms with Crippen LogP contribution in [0.3, 0.4) is 0 Å². The van der Waals surface area contributed by atoms with Crippen LogP contribution in [0.5, 0.6) is 0 Å². The lowest BCUT2D eigenvalue weighted by Crippen LogP contribution is -1.90. The third-order valence-corrected chi connectivity index (χ3v) is 8.09. The van der Waals surface area contributed by atoms with E-state index in [4.69, 9.17) is 9.97 Å². The van der Waals surface area contributed by atoms with E-state index in [0.717, 1.165) is 20.8 Å². The lowest BCUT2D eigenvalue weighted by Gasteiger charge is -2.14. The number of rotatable bonds is 5. The minimum atomic E-state index is 1.02. The highest BCUT2D eigenvalue weighted by molar-refractivity contribution is 8.03. The smallest absolute Gasteiger partial charge is 0.0714 e. The second-order valence-electron chi connectivity index (χ2n) is 6.66. The maximum absolute atomic E-state index is 4.74. The van der Waals surface area contributed by atoms with Crippen LogP contribution < -0.4 is 0 Å². The lowest BCUT2D eigenvalue weighted by atomic mass is 10.2. The van der Waals surface area contributed by atoms with Crippen molar-refractivity contribution >= 4 is 57.1 Å². The lowest BCUT2D eigenvalue weighted by molar-refractivity contribution is 1.16. The summed E-state index contributed by atoms with van der Waals surface area (Å²) in [6, 6.07) is 27.2. The standard InChI is InChI=1S/C25H18N2S3/c1-28-24-18-11-5-7-13-20(18)26-15-22(24)30-23-16-27-21-14-8-6-12-19(21)25(23)29-17-9-3-2-4-10-17/h2-16H,1H3. The number of hydrogen-bond acceptors (Lipinski definition) is 5. The van der Waals surface area contributed by atoms with Crippen molar-refractivity contribution in [2.24, 2.45) is 0 Å². The maximum atomic E-state index is 4.74. The van der Waals surface area contributed by atoms with Crippen molar-refractivity contribution in [3.05, 3.63) is 91.3 Å². The molecule has 0 aliphatic carbocycles. The fourth-order valence-corrected chi connectivity index (χ4v) is 6.47. The van der Waals surface area contributed by atoms with Crippen LogP contribution >= 0.6 is 35.3 Å². The molecule has 5 aromatic rings.